The van der Waals surface area contributed by atoms with Gasteiger partial charge in [-0.05, 0) is 23.6 Å². The number of hydrazone groups is 1. The van der Waals surface area contributed by atoms with Crippen molar-refractivity contribution in [1.29, 1.82) is 0 Å². The van der Waals surface area contributed by atoms with Crippen LogP contribution in [0.15, 0.2) is 29.4 Å². The number of nitrogens with one attached hydrogen (secondary N) is 2. The molecule has 1 heterocycles. The van der Waals surface area contributed by atoms with Crippen LogP contribution in [0.1, 0.15) is 31.7 Å². The van der Waals surface area contributed by atoms with E-state index in [0.717, 1.165) is 0 Å². The second-order valence-electron chi connectivity index (χ2n) is 4.50. The molecule has 5 heteroatoms. The quantitative estimate of drug-likeness (QED) is 0.849. The van der Waals surface area contributed by atoms with Crippen molar-refractivity contribution in [3.05, 3.63) is 29.8 Å². The van der Waals surface area contributed by atoms with Crippen LogP contribution in [-0.4, -0.2) is 17.5 Å². The largest absolute Gasteiger partial charge is 0.321 e. The molecule has 0 spiro atoms. The van der Waals surface area contributed by atoms with E-state index < -0.39 is 0 Å². The number of carbonyl (C=O) groups is 2. The number of amides is 2. The zero-order chi connectivity index (χ0) is 13.1. The normalized spacial score (nSPS) is 14.4. The lowest BCUT2D eigenvalue weighted by molar-refractivity contribution is -0.119. The molecule has 0 saturated heterocycles. The first-order chi connectivity index (χ1) is 8.56. The minimum absolute atomic E-state index is 0.0376. The molecular weight excluding hydrogens is 230 g/mol. The zero-order valence-corrected chi connectivity index (χ0v) is 10.4. The lowest BCUT2D eigenvalue weighted by Crippen LogP contribution is -2.22. The fourth-order valence-corrected chi connectivity index (χ4v) is 1.65. The van der Waals surface area contributed by atoms with Crippen LogP contribution in [0.25, 0.3) is 0 Å². The molecule has 1 aromatic rings. The van der Waals surface area contributed by atoms with E-state index in [2.05, 4.69) is 29.7 Å². The summed E-state index contributed by atoms with van der Waals surface area (Å²) in [5.41, 5.74) is 4.38. The summed E-state index contributed by atoms with van der Waals surface area (Å²) in [7, 11) is 0. The van der Waals surface area contributed by atoms with Crippen molar-refractivity contribution in [2.24, 2.45) is 5.10 Å². The molecule has 0 unspecified atom stereocenters. The number of hydrogen-bond acceptors (Lipinski definition) is 3. The minimum Gasteiger partial charge on any atom is -0.321 e. The Bertz CT molecular complexity index is 503. The van der Waals surface area contributed by atoms with Gasteiger partial charge in [0.2, 0.25) is 5.91 Å². The van der Waals surface area contributed by atoms with Gasteiger partial charge >= 0.3 is 0 Å². The Hall–Kier alpha value is -2.17. The lowest BCUT2D eigenvalue weighted by atomic mass is 10.0. The van der Waals surface area contributed by atoms with Gasteiger partial charge in [0.1, 0.15) is 5.71 Å². The maximum absolute atomic E-state index is 11.7. The van der Waals surface area contributed by atoms with Crippen LogP contribution in [0.5, 0.6) is 0 Å². The molecule has 2 N–H and O–H groups in total. The fraction of sp³-hybridized carbons (Fsp3) is 0.308. The van der Waals surface area contributed by atoms with Crippen molar-refractivity contribution in [3.8, 4) is 0 Å². The molecule has 18 heavy (non-hydrogen) atoms. The summed E-state index contributed by atoms with van der Waals surface area (Å²) in [6, 6.07) is 7.64. The number of hydrogen-bond donors (Lipinski definition) is 2. The number of benzene rings is 1. The van der Waals surface area contributed by atoms with E-state index in [1.165, 1.54) is 5.56 Å². The van der Waals surface area contributed by atoms with Gasteiger partial charge in [-0.15, -0.1) is 0 Å². The average Bonchev–Trinajstić information content (AvgIpc) is 2.76. The molecule has 2 amide bonds. The summed E-state index contributed by atoms with van der Waals surface area (Å²) >= 11 is 0. The number of carbonyl (C=O) groups excluding carboxylic acids is 2. The molecule has 94 valence electrons. The minimum atomic E-state index is -0.342. The van der Waals surface area contributed by atoms with Gasteiger partial charge in [-0.3, -0.25) is 9.59 Å². The number of anilines is 1. The highest BCUT2D eigenvalue weighted by Crippen LogP contribution is 2.17. The molecule has 0 aromatic heterocycles. The molecule has 0 aliphatic carbocycles. The third-order valence-electron chi connectivity index (χ3n) is 2.74. The molecule has 0 saturated carbocycles. The standard InChI is InChI=1S/C13H15N3O2/c1-8(2)9-3-5-10(6-4-9)14-13(18)11-7-12(17)16-15-11/h3-6,8H,7H2,1-2H3,(H,14,18)(H,16,17). The number of nitrogens with zero attached hydrogens (tertiary/aromatic N) is 1. The second-order valence-corrected chi connectivity index (χ2v) is 4.50. The summed E-state index contributed by atoms with van der Waals surface area (Å²) in [6.07, 6.45) is 0.0376. The molecule has 0 bridgehead atoms. The van der Waals surface area contributed by atoms with Gasteiger partial charge in [0.15, 0.2) is 0 Å². The average molecular weight is 245 g/mol. The van der Waals surface area contributed by atoms with E-state index in [9.17, 15) is 9.59 Å². The summed E-state index contributed by atoms with van der Waals surface area (Å²) in [4.78, 5) is 22.7. The van der Waals surface area contributed by atoms with Crippen LogP contribution < -0.4 is 10.7 Å². The Morgan fingerprint density at radius 3 is 2.50 bits per heavy atom. The SMILES string of the molecule is CC(C)c1ccc(NC(=O)C2=NNC(=O)C2)cc1. The van der Waals surface area contributed by atoms with E-state index in [0.29, 0.717) is 11.6 Å². The summed E-state index contributed by atoms with van der Waals surface area (Å²) in [5, 5.41) is 6.37. The highest BCUT2D eigenvalue weighted by atomic mass is 16.2. The molecule has 2 rings (SSSR count). The smallest absolute Gasteiger partial charge is 0.272 e. The first kappa shape index (κ1) is 12.3. The molecule has 0 fully saturated rings. The molecular formula is C13H15N3O2. The van der Waals surface area contributed by atoms with Gasteiger partial charge in [0.05, 0.1) is 6.42 Å². The Balaban J connectivity index is 2.01. The Labute approximate surface area is 105 Å². The predicted octanol–water partition coefficient (Wildman–Crippen LogP) is 1.62. The van der Waals surface area contributed by atoms with Crippen molar-refractivity contribution in [2.75, 3.05) is 5.32 Å². The van der Waals surface area contributed by atoms with E-state index in [1.807, 2.05) is 24.3 Å². The van der Waals surface area contributed by atoms with Crippen LogP contribution in [0.2, 0.25) is 0 Å². The zero-order valence-electron chi connectivity index (χ0n) is 10.4. The third kappa shape index (κ3) is 2.74. The molecule has 0 radical (unpaired) electrons. The molecule has 0 atom stereocenters. The maximum Gasteiger partial charge on any atom is 0.272 e. The van der Waals surface area contributed by atoms with Gasteiger partial charge in [-0.1, -0.05) is 26.0 Å². The number of rotatable bonds is 3. The van der Waals surface area contributed by atoms with Crippen LogP contribution in [-0.2, 0) is 9.59 Å². The summed E-state index contributed by atoms with van der Waals surface area (Å²) in [6.45, 7) is 4.22. The van der Waals surface area contributed by atoms with Crippen molar-refractivity contribution in [3.63, 3.8) is 0 Å². The van der Waals surface area contributed by atoms with Gasteiger partial charge in [0, 0.05) is 5.69 Å². The van der Waals surface area contributed by atoms with Crippen LogP contribution in [0.4, 0.5) is 5.69 Å². The van der Waals surface area contributed by atoms with Gasteiger partial charge in [0.25, 0.3) is 5.91 Å². The third-order valence-corrected chi connectivity index (χ3v) is 2.74. The maximum atomic E-state index is 11.7. The predicted molar refractivity (Wildman–Crippen MR) is 69.4 cm³/mol. The van der Waals surface area contributed by atoms with E-state index in [-0.39, 0.29) is 23.9 Å². The van der Waals surface area contributed by atoms with E-state index >= 15 is 0 Å². The van der Waals surface area contributed by atoms with E-state index in [4.69, 9.17) is 0 Å². The van der Waals surface area contributed by atoms with Crippen molar-refractivity contribution in [1.82, 2.24) is 5.43 Å². The van der Waals surface area contributed by atoms with Crippen molar-refractivity contribution >= 4 is 23.2 Å². The molecule has 1 aromatic carbocycles. The Morgan fingerprint density at radius 2 is 2.00 bits per heavy atom. The Morgan fingerprint density at radius 1 is 1.33 bits per heavy atom. The topological polar surface area (TPSA) is 70.6 Å². The first-order valence-electron chi connectivity index (χ1n) is 5.83. The second kappa shape index (κ2) is 5.00. The summed E-state index contributed by atoms with van der Waals surface area (Å²) in [5.74, 6) is -0.142. The molecule has 1 aliphatic rings. The monoisotopic (exact) mass is 245 g/mol. The molecule has 1 aliphatic heterocycles. The molecule has 5 nitrogen and oxygen atoms in total. The van der Waals surface area contributed by atoms with Gasteiger partial charge in [-0.25, -0.2) is 5.43 Å². The van der Waals surface area contributed by atoms with E-state index in [1.54, 1.807) is 0 Å². The lowest BCUT2D eigenvalue weighted by Gasteiger charge is -2.07. The highest BCUT2D eigenvalue weighted by Gasteiger charge is 2.21. The Kier molecular flexibility index (Phi) is 3.41. The van der Waals surface area contributed by atoms with Crippen LogP contribution in [0, 0.1) is 0 Å². The van der Waals surface area contributed by atoms with Crippen LogP contribution >= 0.6 is 0 Å². The first-order valence-corrected chi connectivity index (χ1v) is 5.83. The van der Waals surface area contributed by atoms with Crippen molar-refractivity contribution in [2.45, 2.75) is 26.2 Å². The van der Waals surface area contributed by atoms with Gasteiger partial charge < -0.3 is 5.32 Å². The highest BCUT2D eigenvalue weighted by molar-refractivity contribution is 6.46. The van der Waals surface area contributed by atoms with Crippen LogP contribution in [0.3, 0.4) is 0 Å². The van der Waals surface area contributed by atoms with Crippen molar-refractivity contribution < 1.29 is 9.59 Å². The fourth-order valence-electron chi connectivity index (χ4n) is 1.65. The van der Waals surface area contributed by atoms with Gasteiger partial charge in [-0.2, -0.15) is 5.10 Å². The summed E-state index contributed by atoms with van der Waals surface area (Å²) < 4.78 is 0.